The standard InChI is InChI=1S/C34H38ClN5O7/c1-18-22-6-3-4-8-26(22)47-29(18)32(45)37-23(9-10-25(41)31(44)36-2)30(43)38-24-7-5-11-40(33(24)46)17-27(42)39-28-20-12-19-13-21(28)16-34(35,14-19)15-20/h3-8,11,19-21,23,28H,9-10,12-17H2,1-2H3,(H,36,44)(H,37,45)(H,38,43)(H,39,42)/t19?,20?,21?,23-,28?,34?/m0/s1. The van der Waals surface area contributed by atoms with Gasteiger partial charge in [-0.05, 0) is 81.4 Å². The Morgan fingerprint density at radius 3 is 2.45 bits per heavy atom. The number of halogens is 1. The van der Waals surface area contributed by atoms with E-state index in [2.05, 4.69) is 21.3 Å². The number of rotatable bonds is 11. The van der Waals surface area contributed by atoms with Crippen molar-refractivity contribution in [2.45, 2.75) is 75.4 Å². The van der Waals surface area contributed by atoms with Crippen LogP contribution < -0.4 is 26.8 Å². The molecule has 2 heterocycles. The first-order valence-corrected chi connectivity index (χ1v) is 16.3. The van der Waals surface area contributed by atoms with Gasteiger partial charge in [0, 0.05) is 41.5 Å². The zero-order valence-electron chi connectivity index (χ0n) is 26.3. The fraction of sp³-hybridized carbons (Fsp3) is 0.471. The quantitative estimate of drug-likeness (QED) is 0.181. The van der Waals surface area contributed by atoms with Crippen LogP contribution in [0.1, 0.15) is 61.1 Å². The second-order valence-electron chi connectivity index (χ2n) is 13.2. The van der Waals surface area contributed by atoms with E-state index < -0.39 is 35.1 Å². The number of hydrogen-bond acceptors (Lipinski definition) is 7. The number of aromatic nitrogens is 1. The van der Waals surface area contributed by atoms with Gasteiger partial charge in [-0.25, -0.2) is 0 Å². The molecule has 2 unspecified atom stereocenters. The molecule has 0 saturated heterocycles. The highest BCUT2D eigenvalue weighted by Gasteiger charge is 2.55. The smallest absolute Gasteiger partial charge is 0.287 e. The zero-order chi connectivity index (χ0) is 33.5. The average Bonchev–Trinajstić information content (AvgIpc) is 3.37. The number of benzene rings is 1. The lowest BCUT2D eigenvalue weighted by Gasteiger charge is -2.57. The molecule has 47 heavy (non-hydrogen) atoms. The second kappa shape index (κ2) is 13.0. The molecule has 4 aliphatic carbocycles. The number of fused-ring (bicyclic) bond motifs is 1. The molecule has 1 aromatic carbocycles. The predicted molar refractivity (Wildman–Crippen MR) is 174 cm³/mol. The van der Waals surface area contributed by atoms with Gasteiger partial charge in [-0.1, -0.05) is 18.2 Å². The number of carbonyl (C=O) groups is 5. The van der Waals surface area contributed by atoms with Gasteiger partial charge in [-0.2, -0.15) is 0 Å². The number of nitrogens with one attached hydrogen (secondary N) is 4. The Hall–Kier alpha value is -4.45. The monoisotopic (exact) mass is 663 g/mol. The number of Topliss-reactive ketones (excluding diaryl/α,β-unsaturated/α-hetero) is 1. The van der Waals surface area contributed by atoms with E-state index in [-0.39, 0.29) is 47.7 Å². The van der Waals surface area contributed by atoms with Crippen LogP contribution >= 0.6 is 11.6 Å². The van der Waals surface area contributed by atoms with Gasteiger partial charge in [0.15, 0.2) is 5.76 Å². The molecule has 0 aliphatic heterocycles. The number of carbonyl (C=O) groups excluding carboxylic acids is 5. The van der Waals surface area contributed by atoms with Gasteiger partial charge in [-0.15, -0.1) is 11.6 Å². The Balaban J connectivity index is 1.14. The Kier molecular flexibility index (Phi) is 8.97. The van der Waals surface area contributed by atoms with Crippen molar-refractivity contribution in [2.24, 2.45) is 17.8 Å². The summed E-state index contributed by atoms with van der Waals surface area (Å²) >= 11 is 6.85. The third-order valence-corrected chi connectivity index (χ3v) is 10.4. The number of pyridine rings is 1. The zero-order valence-corrected chi connectivity index (χ0v) is 27.0. The summed E-state index contributed by atoms with van der Waals surface area (Å²) < 4.78 is 6.94. The largest absolute Gasteiger partial charge is 0.451 e. The summed E-state index contributed by atoms with van der Waals surface area (Å²) in [7, 11) is 1.31. The van der Waals surface area contributed by atoms with Crippen LogP contribution in [0.2, 0.25) is 0 Å². The lowest BCUT2D eigenvalue weighted by molar-refractivity contribution is -0.137. The molecule has 0 radical (unpaired) electrons. The lowest BCUT2D eigenvalue weighted by atomic mass is 9.53. The number of hydrogen-bond donors (Lipinski definition) is 4. The third kappa shape index (κ3) is 6.69. The predicted octanol–water partition coefficient (Wildman–Crippen LogP) is 3.04. The van der Waals surface area contributed by atoms with E-state index in [1.54, 1.807) is 25.1 Å². The fourth-order valence-electron chi connectivity index (χ4n) is 7.94. The minimum Gasteiger partial charge on any atom is -0.451 e. The molecule has 0 spiro atoms. The molecule has 4 saturated carbocycles. The molecule has 3 aromatic rings. The molecule has 4 aliphatic rings. The average molecular weight is 664 g/mol. The Morgan fingerprint density at radius 2 is 1.77 bits per heavy atom. The number of aryl methyl sites for hydroxylation is 1. The van der Waals surface area contributed by atoms with Crippen molar-refractivity contribution < 1.29 is 28.4 Å². The van der Waals surface area contributed by atoms with Crippen LogP contribution in [0.3, 0.4) is 0 Å². The van der Waals surface area contributed by atoms with Gasteiger partial charge in [0.2, 0.25) is 17.6 Å². The van der Waals surface area contributed by atoms with Crippen LogP contribution in [0.25, 0.3) is 11.0 Å². The molecule has 12 nitrogen and oxygen atoms in total. The van der Waals surface area contributed by atoms with E-state index in [1.165, 1.54) is 29.9 Å². The first kappa shape index (κ1) is 32.5. The fourth-order valence-corrected chi connectivity index (χ4v) is 8.55. The maximum atomic E-state index is 13.5. The van der Waals surface area contributed by atoms with E-state index in [4.69, 9.17) is 16.0 Å². The first-order chi connectivity index (χ1) is 22.4. The number of ketones is 1. The van der Waals surface area contributed by atoms with Gasteiger partial charge >= 0.3 is 0 Å². The number of likely N-dealkylation sites (N-methyl/N-ethyl adjacent to an activating group) is 1. The topological polar surface area (TPSA) is 169 Å². The Labute approximate surface area is 276 Å². The van der Waals surface area contributed by atoms with Crippen LogP contribution in [-0.4, -0.2) is 58.0 Å². The summed E-state index contributed by atoms with van der Waals surface area (Å²) in [4.78, 5) is 77.2. The molecule has 4 N–H and O–H groups in total. The summed E-state index contributed by atoms with van der Waals surface area (Å²) in [5, 5.41) is 11.3. The highest BCUT2D eigenvalue weighted by Crippen LogP contribution is 2.58. The summed E-state index contributed by atoms with van der Waals surface area (Å²) in [6.45, 7) is 1.48. The van der Waals surface area contributed by atoms with Crippen LogP contribution in [0.4, 0.5) is 5.69 Å². The van der Waals surface area contributed by atoms with Crippen LogP contribution in [-0.2, 0) is 25.7 Å². The second-order valence-corrected chi connectivity index (χ2v) is 14.0. The minimum atomic E-state index is -1.30. The number of para-hydroxylation sites is 1. The number of anilines is 1. The highest BCUT2D eigenvalue weighted by molar-refractivity contribution is 6.36. The molecule has 4 amide bonds. The van der Waals surface area contributed by atoms with Crippen LogP contribution in [0, 0.1) is 24.7 Å². The Morgan fingerprint density at radius 1 is 1.04 bits per heavy atom. The molecule has 4 bridgehead atoms. The molecule has 2 aromatic heterocycles. The van der Waals surface area contributed by atoms with Gasteiger partial charge in [0.1, 0.15) is 23.9 Å². The normalized spacial score (nSPS) is 24.8. The Bertz CT molecular complexity index is 1800. The summed E-state index contributed by atoms with van der Waals surface area (Å²) in [6.07, 6.45) is 5.83. The molecule has 7 rings (SSSR count). The van der Waals surface area contributed by atoms with E-state index in [1.807, 2.05) is 6.07 Å². The minimum absolute atomic E-state index is 0.00458. The van der Waals surface area contributed by atoms with Gasteiger partial charge < -0.3 is 30.3 Å². The van der Waals surface area contributed by atoms with Crippen molar-refractivity contribution in [1.29, 1.82) is 0 Å². The molecule has 248 valence electrons. The number of nitrogens with zero attached hydrogens (tertiary/aromatic N) is 1. The lowest BCUT2D eigenvalue weighted by Crippen LogP contribution is -2.60. The van der Waals surface area contributed by atoms with Crippen LogP contribution in [0.15, 0.2) is 51.8 Å². The van der Waals surface area contributed by atoms with Crippen molar-refractivity contribution in [3.05, 3.63) is 64.3 Å². The maximum absolute atomic E-state index is 13.5. The van der Waals surface area contributed by atoms with E-state index in [0.717, 1.165) is 37.5 Å². The van der Waals surface area contributed by atoms with Gasteiger partial charge in [-0.3, -0.25) is 28.8 Å². The molecule has 13 heteroatoms. The molecular formula is C34H38ClN5O7. The van der Waals surface area contributed by atoms with Crippen molar-refractivity contribution >= 4 is 57.7 Å². The van der Waals surface area contributed by atoms with Crippen molar-refractivity contribution in [3.8, 4) is 0 Å². The number of amides is 4. The molecule has 3 atom stereocenters. The maximum Gasteiger partial charge on any atom is 0.287 e. The number of alkyl halides is 1. The first-order valence-electron chi connectivity index (χ1n) is 16.0. The van der Waals surface area contributed by atoms with E-state index in [9.17, 15) is 28.8 Å². The van der Waals surface area contributed by atoms with E-state index >= 15 is 0 Å². The summed E-state index contributed by atoms with van der Waals surface area (Å²) in [5.41, 5.74) is 0.339. The third-order valence-electron chi connectivity index (χ3n) is 9.93. The number of furan rings is 1. The van der Waals surface area contributed by atoms with Gasteiger partial charge in [0.05, 0.1) is 0 Å². The highest BCUT2D eigenvalue weighted by atomic mass is 35.5. The molecule has 4 fully saturated rings. The van der Waals surface area contributed by atoms with Gasteiger partial charge in [0.25, 0.3) is 17.4 Å². The van der Waals surface area contributed by atoms with Crippen LogP contribution in [0.5, 0.6) is 0 Å². The van der Waals surface area contributed by atoms with Crippen molar-refractivity contribution in [1.82, 2.24) is 20.5 Å². The summed E-state index contributed by atoms with van der Waals surface area (Å²) in [6, 6.07) is 8.74. The van der Waals surface area contributed by atoms with Crippen molar-refractivity contribution in [3.63, 3.8) is 0 Å². The molecular weight excluding hydrogens is 626 g/mol. The summed E-state index contributed by atoms with van der Waals surface area (Å²) in [5.74, 6) is -2.11. The SMILES string of the molecule is CNC(=O)C(=O)CC[C@H](NC(=O)c1oc2ccccc2c1C)C(=O)Nc1cccn(CC(=O)NC2C3CC4CC2CC(Cl)(C4)C3)c1=O. The van der Waals surface area contributed by atoms with Crippen molar-refractivity contribution in [2.75, 3.05) is 12.4 Å². The van der Waals surface area contributed by atoms with E-state index in [0.29, 0.717) is 28.9 Å².